The number of hydrogen-bond donors (Lipinski definition) is 9. The third-order valence-electron chi connectivity index (χ3n) is 17.8. The Balaban J connectivity index is 1.53. The van der Waals surface area contributed by atoms with Gasteiger partial charge in [0, 0.05) is 6.42 Å². The lowest BCUT2D eigenvalue weighted by molar-refractivity contribution is -0.359. The molecule has 2 aliphatic rings. The molecule has 82 heavy (non-hydrogen) atoms. The maximum absolute atomic E-state index is 13.3. The fourth-order valence-corrected chi connectivity index (χ4v) is 12.2. The maximum atomic E-state index is 13.3. The summed E-state index contributed by atoms with van der Waals surface area (Å²) in [4.78, 5) is 13.3. The lowest BCUT2D eigenvalue weighted by Crippen LogP contribution is -2.65. The number of carbonyl (C=O) groups is 1. The van der Waals surface area contributed by atoms with Crippen LogP contribution in [0.2, 0.25) is 0 Å². The molecule has 0 aromatic carbocycles. The van der Waals surface area contributed by atoms with Crippen LogP contribution in [0.4, 0.5) is 0 Å². The van der Waals surface area contributed by atoms with Crippen LogP contribution in [0.15, 0.2) is 0 Å². The Labute approximate surface area is 502 Å². The molecular formula is C68H133NO13. The first-order valence-electron chi connectivity index (χ1n) is 35.3. The molecule has 0 bridgehead atoms. The number of rotatable bonds is 59. The molecule has 0 radical (unpaired) electrons. The number of nitrogens with one attached hydrogen (secondary N) is 1. The first-order chi connectivity index (χ1) is 40.1. The molecule has 0 aromatic heterocycles. The molecule has 0 aliphatic carbocycles. The average molecular weight is 1170 g/mol. The molecule has 14 nitrogen and oxygen atoms in total. The third kappa shape index (κ3) is 38.3. The highest BCUT2D eigenvalue weighted by Crippen LogP contribution is 2.30. The smallest absolute Gasteiger partial charge is 0.220 e. The van der Waals surface area contributed by atoms with Crippen molar-refractivity contribution in [2.45, 2.75) is 408 Å². The van der Waals surface area contributed by atoms with E-state index in [4.69, 9.17) is 18.9 Å². The van der Waals surface area contributed by atoms with Crippen molar-refractivity contribution in [2.75, 3.05) is 19.8 Å². The van der Waals surface area contributed by atoms with Gasteiger partial charge in [-0.3, -0.25) is 4.79 Å². The molecule has 2 heterocycles. The number of unbranched alkanes of at least 4 members (excludes halogenated alkanes) is 46. The summed E-state index contributed by atoms with van der Waals surface area (Å²) >= 11 is 0. The van der Waals surface area contributed by atoms with Crippen molar-refractivity contribution in [3.05, 3.63) is 0 Å². The quantitative estimate of drug-likeness (QED) is 0.0259. The van der Waals surface area contributed by atoms with E-state index in [1.54, 1.807) is 0 Å². The van der Waals surface area contributed by atoms with Crippen molar-refractivity contribution in [3.63, 3.8) is 0 Å². The average Bonchev–Trinajstić information content (AvgIpc) is 3.22. The molecule has 2 aliphatic heterocycles. The zero-order chi connectivity index (χ0) is 59.5. The van der Waals surface area contributed by atoms with Gasteiger partial charge in [-0.15, -0.1) is 0 Å². The van der Waals surface area contributed by atoms with Gasteiger partial charge < -0.3 is 65.1 Å². The van der Waals surface area contributed by atoms with Crippen LogP contribution >= 0.6 is 0 Å². The highest BCUT2D eigenvalue weighted by molar-refractivity contribution is 5.76. The molecule has 488 valence electrons. The number of carbonyl (C=O) groups excluding carboxylic acids is 1. The van der Waals surface area contributed by atoms with Gasteiger partial charge in [0.15, 0.2) is 12.6 Å². The van der Waals surface area contributed by atoms with E-state index in [0.29, 0.717) is 12.8 Å². The maximum Gasteiger partial charge on any atom is 0.220 e. The summed E-state index contributed by atoms with van der Waals surface area (Å²) < 4.78 is 22.8. The molecular weight excluding hydrogens is 1040 g/mol. The Bertz CT molecular complexity index is 1380. The second-order valence-corrected chi connectivity index (χ2v) is 25.4. The molecule has 9 N–H and O–H groups in total. The van der Waals surface area contributed by atoms with Crippen molar-refractivity contribution in [2.24, 2.45) is 0 Å². The second-order valence-electron chi connectivity index (χ2n) is 25.4. The Morgan fingerprint density at radius 1 is 0.390 bits per heavy atom. The molecule has 12 unspecified atom stereocenters. The Morgan fingerprint density at radius 3 is 1.04 bits per heavy atom. The third-order valence-corrected chi connectivity index (χ3v) is 17.8. The lowest BCUT2D eigenvalue weighted by Gasteiger charge is -2.46. The van der Waals surface area contributed by atoms with E-state index in [2.05, 4.69) is 19.2 Å². The van der Waals surface area contributed by atoms with Crippen molar-refractivity contribution in [1.29, 1.82) is 0 Å². The van der Waals surface area contributed by atoms with E-state index >= 15 is 0 Å². The van der Waals surface area contributed by atoms with Crippen LogP contribution in [0.3, 0.4) is 0 Å². The van der Waals surface area contributed by atoms with Gasteiger partial charge >= 0.3 is 0 Å². The highest BCUT2D eigenvalue weighted by Gasteiger charge is 2.51. The molecule has 1 amide bonds. The minimum atomic E-state index is -1.78. The van der Waals surface area contributed by atoms with Crippen LogP contribution in [0.1, 0.15) is 335 Å². The molecule has 0 aromatic rings. The lowest BCUT2D eigenvalue weighted by atomic mass is 9.97. The minimum absolute atomic E-state index is 0.200. The van der Waals surface area contributed by atoms with Crippen molar-refractivity contribution in [1.82, 2.24) is 5.32 Å². The highest BCUT2D eigenvalue weighted by atomic mass is 16.7. The normalized spacial score (nSPS) is 23.8. The van der Waals surface area contributed by atoms with E-state index < -0.39 is 86.8 Å². The summed E-state index contributed by atoms with van der Waals surface area (Å²) in [5.74, 6) is -0.200. The molecule has 12 atom stereocenters. The van der Waals surface area contributed by atoms with E-state index in [-0.39, 0.29) is 12.5 Å². The number of ether oxygens (including phenoxy) is 4. The predicted molar refractivity (Wildman–Crippen MR) is 332 cm³/mol. The van der Waals surface area contributed by atoms with E-state index in [1.165, 1.54) is 257 Å². The van der Waals surface area contributed by atoms with Gasteiger partial charge in [0.2, 0.25) is 5.91 Å². The molecule has 14 heteroatoms. The first-order valence-corrected chi connectivity index (χ1v) is 35.3. The number of hydrogen-bond acceptors (Lipinski definition) is 13. The van der Waals surface area contributed by atoms with Crippen LogP contribution in [-0.4, -0.2) is 140 Å². The summed E-state index contributed by atoms with van der Waals surface area (Å²) in [5.41, 5.74) is 0. The van der Waals surface area contributed by atoms with Crippen LogP contribution in [0.5, 0.6) is 0 Å². The summed E-state index contributed by atoms with van der Waals surface area (Å²) in [6, 6.07) is -0.822. The van der Waals surface area contributed by atoms with Crippen LogP contribution in [0, 0.1) is 0 Å². The van der Waals surface area contributed by atoms with Crippen molar-refractivity contribution >= 4 is 5.91 Å². The van der Waals surface area contributed by atoms with Gasteiger partial charge in [-0.1, -0.05) is 316 Å². The number of aliphatic hydroxyl groups excluding tert-OH is 8. The molecule has 2 rings (SSSR count). The van der Waals surface area contributed by atoms with Crippen LogP contribution in [0.25, 0.3) is 0 Å². The van der Waals surface area contributed by atoms with Gasteiger partial charge in [0.25, 0.3) is 0 Å². The Hall–Kier alpha value is -1.01. The summed E-state index contributed by atoms with van der Waals surface area (Å²) in [7, 11) is 0. The van der Waals surface area contributed by atoms with Crippen molar-refractivity contribution < 1.29 is 64.6 Å². The monoisotopic (exact) mass is 1170 g/mol. The Kier molecular flexibility index (Phi) is 50.9. The summed E-state index contributed by atoms with van der Waals surface area (Å²) in [6.45, 7) is 2.89. The zero-order valence-corrected chi connectivity index (χ0v) is 53.0. The van der Waals surface area contributed by atoms with E-state index in [9.17, 15) is 45.6 Å². The van der Waals surface area contributed by atoms with Gasteiger partial charge in [-0.05, 0) is 12.8 Å². The summed E-state index contributed by atoms with van der Waals surface area (Å²) in [5, 5.41) is 87.3. The predicted octanol–water partition coefficient (Wildman–Crippen LogP) is 14.0. The van der Waals surface area contributed by atoms with Gasteiger partial charge in [0.05, 0.1) is 32.0 Å². The molecule has 0 spiro atoms. The fourth-order valence-electron chi connectivity index (χ4n) is 12.2. The zero-order valence-electron chi connectivity index (χ0n) is 53.0. The van der Waals surface area contributed by atoms with Crippen LogP contribution < -0.4 is 5.32 Å². The Morgan fingerprint density at radius 2 is 0.695 bits per heavy atom. The van der Waals surface area contributed by atoms with Crippen molar-refractivity contribution in [3.8, 4) is 0 Å². The van der Waals surface area contributed by atoms with Gasteiger partial charge in [-0.25, -0.2) is 0 Å². The molecule has 2 saturated heterocycles. The second kappa shape index (κ2) is 54.2. The first kappa shape index (κ1) is 77.1. The topological polar surface area (TPSA) is 228 Å². The van der Waals surface area contributed by atoms with Gasteiger partial charge in [-0.2, -0.15) is 0 Å². The minimum Gasteiger partial charge on any atom is -0.394 e. The standard InChI is InChI=1S/C68H133NO13/c1-3-5-7-9-11-13-15-16-17-18-19-20-21-22-23-24-25-26-27-28-29-30-31-32-33-34-35-36-37-38-39-40-42-44-46-48-50-52-60(73)69-56(57(72)51-49-47-45-43-41-14-12-10-8-6-4-2)55-79-67-65(78)63(76)66(59(54-71)81-67)82-68-64(77)62(75)61(74)58(53-70)80-68/h56-59,61-68,70-72,74-78H,3-55H2,1-2H3,(H,69,73). The number of aliphatic hydroxyl groups is 8. The van der Waals surface area contributed by atoms with E-state index in [1.807, 2.05) is 0 Å². The largest absolute Gasteiger partial charge is 0.394 e. The number of amides is 1. The van der Waals surface area contributed by atoms with Crippen LogP contribution in [-0.2, 0) is 23.7 Å². The van der Waals surface area contributed by atoms with E-state index in [0.717, 1.165) is 51.4 Å². The molecule has 2 fully saturated rings. The molecule has 0 saturated carbocycles. The SMILES string of the molecule is CCCCCCCCCCCCCCCCCCCCCCCCCCCCCCCCCCCCCCCC(=O)NC(COC1OC(CO)C(OC2OC(CO)C(O)C(O)C2O)C(O)C1O)C(O)CCCCCCCCCCCCC. The summed E-state index contributed by atoms with van der Waals surface area (Å²) in [6.07, 6.45) is 47.4. The van der Waals surface area contributed by atoms with Gasteiger partial charge in [0.1, 0.15) is 48.8 Å². The fraction of sp³-hybridized carbons (Fsp3) is 0.985.